The van der Waals surface area contributed by atoms with Gasteiger partial charge in [0.15, 0.2) is 5.82 Å². The van der Waals surface area contributed by atoms with Crippen molar-refractivity contribution in [1.29, 1.82) is 0 Å². The van der Waals surface area contributed by atoms with E-state index in [4.69, 9.17) is 16.3 Å². The number of ether oxygens (including phenoxy) is 1. The van der Waals surface area contributed by atoms with Crippen LogP contribution < -0.4 is 4.74 Å². The van der Waals surface area contributed by atoms with Gasteiger partial charge in [0.1, 0.15) is 17.5 Å². The number of nitrogens with zero attached hydrogens (tertiary/aromatic N) is 2. The van der Waals surface area contributed by atoms with Crippen LogP contribution in [0.25, 0.3) is 0 Å². The SMILES string of the molecule is CCCc1nc(COc2ccccc2)nc(Cl)c1Br. The Bertz CT molecular complexity index is 549. The second-order valence-electron chi connectivity index (χ2n) is 4.04. The molecule has 2 aromatic rings. The predicted molar refractivity (Wildman–Crippen MR) is 79.5 cm³/mol. The molecule has 0 bridgehead atoms. The van der Waals surface area contributed by atoms with Crippen molar-refractivity contribution in [1.82, 2.24) is 9.97 Å². The van der Waals surface area contributed by atoms with E-state index in [2.05, 4.69) is 32.8 Å². The first-order valence-electron chi connectivity index (χ1n) is 6.09. The molecule has 0 saturated carbocycles. The van der Waals surface area contributed by atoms with Crippen LogP contribution in [0.2, 0.25) is 5.15 Å². The third-order valence-electron chi connectivity index (χ3n) is 2.52. The Hall–Kier alpha value is -1.13. The molecule has 0 spiro atoms. The highest BCUT2D eigenvalue weighted by Gasteiger charge is 2.10. The van der Waals surface area contributed by atoms with E-state index in [1.54, 1.807) is 0 Å². The Labute approximate surface area is 126 Å². The van der Waals surface area contributed by atoms with Crippen LogP contribution in [-0.2, 0) is 13.0 Å². The molecular weight excluding hydrogens is 328 g/mol. The van der Waals surface area contributed by atoms with Gasteiger partial charge in [0, 0.05) is 0 Å². The Morgan fingerprint density at radius 1 is 1.21 bits per heavy atom. The summed E-state index contributed by atoms with van der Waals surface area (Å²) >= 11 is 9.50. The van der Waals surface area contributed by atoms with E-state index in [0.29, 0.717) is 17.6 Å². The zero-order chi connectivity index (χ0) is 13.7. The van der Waals surface area contributed by atoms with Gasteiger partial charge in [0.25, 0.3) is 0 Å². The average Bonchev–Trinajstić information content (AvgIpc) is 2.43. The summed E-state index contributed by atoms with van der Waals surface area (Å²) in [5.41, 5.74) is 0.925. The molecule has 19 heavy (non-hydrogen) atoms. The molecule has 1 aromatic heterocycles. The van der Waals surface area contributed by atoms with Gasteiger partial charge >= 0.3 is 0 Å². The third-order valence-corrected chi connectivity index (χ3v) is 3.86. The van der Waals surface area contributed by atoms with Crippen LogP contribution in [0.5, 0.6) is 5.75 Å². The summed E-state index contributed by atoms with van der Waals surface area (Å²) in [6.45, 7) is 2.41. The Morgan fingerprint density at radius 2 is 1.95 bits per heavy atom. The lowest BCUT2D eigenvalue weighted by Gasteiger charge is -2.09. The normalized spacial score (nSPS) is 10.5. The molecule has 3 nitrogen and oxygen atoms in total. The Balaban J connectivity index is 2.12. The second-order valence-corrected chi connectivity index (χ2v) is 5.19. The smallest absolute Gasteiger partial charge is 0.167 e. The largest absolute Gasteiger partial charge is 0.486 e. The van der Waals surface area contributed by atoms with E-state index in [9.17, 15) is 0 Å². The van der Waals surface area contributed by atoms with Gasteiger partial charge in [-0.3, -0.25) is 0 Å². The molecule has 0 unspecified atom stereocenters. The maximum absolute atomic E-state index is 6.08. The van der Waals surface area contributed by atoms with Gasteiger partial charge in [-0.25, -0.2) is 9.97 Å². The molecule has 0 N–H and O–H groups in total. The number of para-hydroxylation sites is 1. The third kappa shape index (κ3) is 3.91. The molecule has 1 aromatic carbocycles. The highest BCUT2D eigenvalue weighted by molar-refractivity contribution is 9.10. The average molecular weight is 342 g/mol. The van der Waals surface area contributed by atoms with Crippen LogP contribution in [0.1, 0.15) is 24.9 Å². The minimum Gasteiger partial charge on any atom is -0.486 e. The number of aryl methyl sites for hydroxylation is 1. The van der Waals surface area contributed by atoms with Gasteiger partial charge in [0.05, 0.1) is 10.2 Å². The topological polar surface area (TPSA) is 35.0 Å². The monoisotopic (exact) mass is 340 g/mol. The quantitative estimate of drug-likeness (QED) is 0.755. The second kappa shape index (κ2) is 6.87. The van der Waals surface area contributed by atoms with E-state index in [0.717, 1.165) is 28.8 Å². The minimum absolute atomic E-state index is 0.313. The number of hydrogen-bond acceptors (Lipinski definition) is 3. The lowest BCUT2D eigenvalue weighted by molar-refractivity contribution is 0.295. The molecule has 100 valence electrons. The van der Waals surface area contributed by atoms with Gasteiger partial charge < -0.3 is 4.74 Å². The number of hydrogen-bond donors (Lipinski definition) is 0. The summed E-state index contributed by atoms with van der Waals surface area (Å²) < 4.78 is 6.40. The summed E-state index contributed by atoms with van der Waals surface area (Å²) in [6, 6.07) is 9.58. The van der Waals surface area contributed by atoms with Crippen LogP contribution in [-0.4, -0.2) is 9.97 Å². The van der Waals surface area contributed by atoms with E-state index >= 15 is 0 Å². The molecule has 5 heteroatoms. The fourth-order valence-corrected chi connectivity index (χ4v) is 2.23. The van der Waals surface area contributed by atoms with E-state index in [1.807, 2.05) is 30.3 Å². The first-order valence-corrected chi connectivity index (χ1v) is 7.26. The van der Waals surface area contributed by atoms with Crippen molar-refractivity contribution < 1.29 is 4.74 Å². The molecule has 0 amide bonds. The van der Waals surface area contributed by atoms with Crippen LogP contribution in [0.3, 0.4) is 0 Å². The number of benzene rings is 1. The van der Waals surface area contributed by atoms with Crippen molar-refractivity contribution in [2.45, 2.75) is 26.4 Å². The summed E-state index contributed by atoms with van der Waals surface area (Å²) in [4.78, 5) is 8.68. The molecule has 0 atom stereocenters. The van der Waals surface area contributed by atoms with Crippen molar-refractivity contribution in [2.75, 3.05) is 0 Å². The lowest BCUT2D eigenvalue weighted by Crippen LogP contribution is -2.05. The molecule has 0 aliphatic rings. The molecule has 1 heterocycles. The molecule has 2 rings (SSSR count). The maximum atomic E-state index is 6.08. The van der Waals surface area contributed by atoms with Crippen LogP contribution in [0.15, 0.2) is 34.8 Å². The van der Waals surface area contributed by atoms with Crippen molar-refractivity contribution in [3.63, 3.8) is 0 Å². The fraction of sp³-hybridized carbons (Fsp3) is 0.286. The highest BCUT2D eigenvalue weighted by atomic mass is 79.9. The van der Waals surface area contributed by atoms with Crippen molar-refractivity contribution >= 4 is 27.5 Å². The summed E-state index contributed by atoms with van der Waals surface area (Å²) in [5.74, 6) is 1.39. The highest BCUT2D eigenvalue weighted by Crippen LogP contribution is 2.24. The Morgan fingerprint density at radius 3 is 2.63 bits per heavy atom. The van der Waals surface area contributed by atoms with Gasteiger partial charge in [-0.1, -0.05) is 43.1 Å². The summed E-state index contributed by atoms with van der Waals surface area (Å²) in [5, 5.41) is 0.435. The number of rotatable bonds is 5. The summed E-state index contributed by atoms with van der Waals surface area (Å²) in [7, 11) is 0. The molecule has 0 aliphatic heterocycles. The van der Waals surface area contributed by atoms with Crippen molar-refractivity contribution in [3.8, 4) is 5.75 Å². The van der Waals surface area contributed by atoms with Gasteiger partial charge in [-0.2, -0.15) is 0 Å². The van der Waals surface area contributed by atoms with E-state index < -0.39 is 0 Å². The summed E-state index contributed by atoms with van der Waals surface area (Å²) in [6.07, 6.45) is 1.87. The maximum Gasteiger partial charge on any atom is 0.167 e. The number of halogens is 2. The molecular formula is C14H14BrClN2O. The Kier molecular flexibility index (Phi) is 5.16. The molecule has 0 aliphatic carbocycles. The van der Waals surface area contributed by atoms with E-state index in [1.165, 1.54) is 0 Å². The van der Waals surface area contributed by atoms with Crippen molar-refractivity contribution in [2.24, 2.45) is 0 Å². The number of aromatic nitrogens is 2. The molecule has 0 radical (unpaired) electrons. The minimum atomic E-state index is 0.313. The van der Waals surface area contributed by atoms with Crippen molar-refractivity contribution in [3.05, 3.63) is 51.5 Å². The first kappa shape index (κ1) is 14.3. The fourth-order valence-electron chi connectivity index (χ4n) is 1.64. The zero-order valence-corrected chi connectivity index (χ0v) is 12.9. The predicted octanol–water partition coefficient (Wildman–Crippen LogP) is 4.42. The van der Waals surface area contributed by atoms with Gasteiger partial charge in [-0.05, 0) is 34.5 Å². The molecule has 0 saturated heterocycles. The van der Waals surface area contributed by atoms with Gasteiger partial charge in [0.2, 0.25) is 0 Å². The van der Waals surface area contributed by atoms with Crippen LogP contribution >= 0.6 is 27.5 Å². The van der Waals surface area contributed by atoms with Crippen LogP contribution in [0.4, 0.5) is 0 Å². The van der Waals surface area contributed by atoms with E-state index in [-0.39, 0.29) is 0 Å². The molecule has 0 fully saturated rings. The lowest BCUT2D eigenvalue weighted by atomic mass is 10.2. The standard InChI is InChI=1S/C14H14BrClN2O/c1-2-6-11-13(15)14(16)18-12(17-11)9-19-10-7-4-3-5-8-10/h3-5,7-8H,2,6,9H2,1H3. The van der Waals surface area contributed by atoms with Crippen LogP contribution in [0, 0.1) is 0 Å². The van der Waals surface area contributed by atoms with Gasteiger partial charge in [-0.15, -0.1) is 0 Å². The first-order chi connectivity index (χ1) is 9.20. The zero-order valence-electron chi connectivity index (χ0n) is 10.6.